The van der Waals surface area contributed by atoms with Gasteiger partial charge in [0.25, 0.3) is 0 Å². The summed E-state index contributed by atoms with van der Waals surface area (Å²) in [5.74, 6) is 0.951. The summed E-state index contributed by atoms with van der Waals surface area (Å²) in [4.78, 5) is 0. The first-order valence-corrected chi connectivity index (χ1v) is 9.56. The van der Waals surface area contributed by atoms with Crippen molar-refractivity contribution in [1.82, 2.24) is 0 Å². The van der Waals surface area contributed by atoms with Crippen LogP contribution < -0.4 is 0 Å². The molecule has 0 aromatic heterocycles. The van der Waals surface area contributed by atoms with Crippen LogP contribution in [-0.4, -0.2) is 42.6 Å². The zero-order valence-electron chi connectivity index (χ0n) is 10.6. The summed E-state index contributed by atoms with van der Waals surface area (Å²) < 4.78 is 21.9. The van der Waals surface area contributed by atoms with Crippen LogP contribution in [0.15, 0.2) is 0 Å². The number of hydrogen-bond donors (Lipinski definition) is 1. The van der Waals surface area contributed by atoms with Gasteiger partial charge in [0.1, 0.15) is 9.84 Å². The highest BCUT2D eigenvalue weighted by atomic mass is 32.2. The Morgan fingerprint density at radius 1 is 1.29 bits per heavy atom. The second-order valence-corrected chi connectivity index (χ2v) is 8.61. The lowest BCUT2D eigenvalue weighted by Crippen LogP contribution is -2.16. The maximum absolute atomic E-state index is 10.9. The maximum Gasteiger partial charge on any atom is 0.147 e. The zero-order valence-corrected chi connectivity index (χ0v) is 12.2. The van der Waals surface area contributed by atoms with Gasteiger partial charge in [0.15, 0.2) is 0 Å². The number of sulfone groups is 1. The third-order valence-electron chi connectivity index (χ3n) is 3.13. The minimum atomic E-state index is -2.87. The highest BCUT2D eigenvalue weighted by molar-refractivity contribution is 7.99. The molecular formula is C12H24O3S2. The molecule has 1 saturated carbocycles. The van der Waals surface area contributed by atoms with Gasteiger partial charge in [-0.05, 0) is 25.7 Å². The van der Waals surface area contributed by atoms with Gasteiger partial charge in [0.05, 0.1) is 6.10 Å². The van der Waals surface area contributed by atoms with Crippen molar-refractivity contribution in [3.63, 3.8) is 0 Å². The molecule has 17 heavy (non-hydrogen) atoms. The third-order valence-corrected chi connectivity index (χ3v) is 5.68. The molecule has 0 amide bonds. The van der Waals surface area contributed by atoms with E-state index in [4.69, 9.17) is 0 Å². The highest BCUT2D eigenvalue weighted by Crippen LogP contribution is 2.28. The van der Waals surface area contributed by atoms with Crippen LogP contribution in [0.3, 0.4) is 0 Å². The lowest BCUT2D eigenvalue weighted by atomic mass is 10.0. The number of aliphatic hydroxyl groups excluding tert-OH is 1. The zero-order chi connectivity index (χ0) is 12.7. The average molecular weight is 280 g/mol. The molecule has 1 N–H and O–H groups in total. The first-order valence-electron chi connectivity index (χ1n) is 6.45. The molecule has 1 aliphatic rings. The van der Waals surface area contributed by atoms with Gasteiger partial charge in [0.2, 0.25) is 0 Å². The Hall–Kier alpha value is 0.260. The molecule has 1 rings (SSSR count). The molecular weight excluding hydrogens is 256 g/mol. The second kappa shape index (κ2) is 7.64. The van der Waals surface area contributed by atoms with Gasteiger partial charge >= 0.3 is 0 Å². The van der Waals surface area contributed by atoms with Gasteiger partial charge in [-0.3, -0.25) is 0 Å². The summed E-state index contributed by atoms with van der Waals surface area (Å²) in [7, 11) is -2.87. The Balaban J connectivity index is 2.06. The minimum absolute atomic E-state index is 0.193. The largest absolute Gasteiger partial charge is 0.392 e. The van der Waals surface area contributed by atoms with Crippen LogP contribution in [0.4, 0.5) is 0 Å². The molecule has 102 valence electrons. The fourth-order valence-corrected chi connectivity index (χ4v) is 4.16. The van der Waals surface area contributed by atoms with Crippen molar-refractivity contribution in [2.45, 2.75) is 56.3 Å². The summed E-state index contributed by atoms with van der Waals surface area (Å²) in [5.41, 5.74) is 0. The van der Waals surface area contributed by atoms with Crippen molar-refractivity contribution in [1.29, 1.82) is 0 Å². The van der Waals surface area contributed by atoms with Crippen molar-refractivity contribution in [3.8, 4) is 0 Å². The molecule has 3 nitrogen and oxygen atoms in total. The van der Waals surface area contributed by atoms with Crippen molar-refractivity contribution >= 4 is 21.6 Å². The molecule has 0 heterocycles. The molecule has 0 radical (unpaired) electrons. The van der Waals surface area contributed by atoms with Crippen LogP contribution in [-0.2, 0) is 9.84 Å². The SMILES string of the molecule is CS(=O)(=O)CCCC(O)CSC1CCCCC1. The lowest BCUT2D eigenvalue weighted by molar-refractivity contribution is 0.188. The number of hydrogen-bond acceptors (Lipinski definition) is 4. The standard InChI is InChI=1S/C12H24O3S2/c1-17(14,15)9-5-6-11(13)10-16-12-7-3-2-4-8-12/h11-13H,2-10H2,1H3. The van der Waals surface area contributed by atoms with Gasteiger partial charge in [0, 0.05) is 23.0 Å². The third kappa shape index (κ3) is 8.06. The monoisotopic (exact) mass is 280 g/mol. The summed E-state index contributed by atoms with van der Waals surface area (Å²) >= 11 is 1.86. The molecule has 0 bridgehead atoms. The van der Waals surface area contributed by atoms with Gasteiger partial charge in [-0.1, -0.05) is 19.3 Å². The molecule has 0 aliphatic heterocycles. The minimum Gasteiger partial charge on any atom is -0.392 e. The quantitative estimate of drug-likeness (QED) is 0.777. The predicted octanol–water partition coefficient (Wildman–Crippen LogP) is 2.24. The number of rotatable bonds is 7. The molecule has 0 spiro atoms. The van der Waals surface area contributed by atoms with Crippen LogP contribution in [0.25, 0.3) is 0 Å². The Morgan fingerprint density at radius 2 is 1.94 bits per heavy atom. The summed E-state index contributed by atoms with van der Waals surface area (Å²) in [5, 5.41) is 10.5. The Bertz CT molecular complexity index is 295. The summed E-state index contributed by atoms with van der Waals surface area (Å²) in [6.45, 7) is 0. The topological polar surface area (TPSA) is 54.4 Å². The molecule has 1 aliphatic carbocycles. The van der Waals surface area contributed by atoms with E-state index < -0.39 is 9.84 Å². The molecule has 1 atom stereocenters. The lowest BCUT2D eigenvalue weighted by Gasteiger charge is -2.22. The summed E-state index contributed by atoms with van der Waals surface area (Å²) in [6.07, 6.45) is 8.64. The van der Waals surface area contributed by atoms with Crippen LogP contribution in [0.1, 0.15) is 44.9 Å². The second-order valence-electron chi connectivity index (χ2n) is 5.02. The average Bonchev–Trinajstić information content (AvgIpc) is 2.26. The molecule has 1 unspecified atom stereocenters. The first kappa shape index (κ1) is 15.3. The fourth-order valence-electron chi connectivity index (χ4n) is 2.14. The van der Waals surface area contributed by atoms with Crippen molar-refractivity contribution in [3.05, 3.63) is 0 Å². The Labute approximate surface area is 109 Å². The first-order chi connectivity index (χ1) is 7.97. The van der Waals surface area contributed by atoms with Crippen molar-refractivity contribution in [2.75, 3.05) is 17.8 Å². The maximum atomic E-state index is 10.9. The molecule has 0 aromatic carbocycles. The Kier molecular flexibility index (Phi) is 6.89. The van der Waals surface area contributed by atoms with Crippen LogP contribution in [0.2, 0.25) is 0 Å². The van der Waals surface area contributed by atoms with Gasteiger partial charge in [-0.2, -0.15) is 11.8 Å². The van der Waals surface area contributed by atoms with Crippen LogP contribution in [0.5, 0.6) is 0 Å². The van der Waals surface area contributed by atoms with E-state index >= 15 is 0 Å². The number of aliphatic hydroxyl groups is 1. The highest BCUT2D eigenvalue weighted by Gasteiger charge is 2.15. The van der Waals surface area contributed by atoms with E-state index in [2.05, 4.69) is 0 Å². The smallest absolute Gasteiger partial charge is 0.147 e. The molecule has 1 fully saturated rings. The van der Waals surface area contributed by atoms with Gasteiger partial charge < -0.3 is 5.11 Å². The van der Waals surface area contributed by atoms with Crippen molar-refractivity contribution in [2.24, 2.45) is 0 Å². The van der Waals surface area contributed by atoms with Crippen LogP contribution in [0, 0.1) is 0 Å². The van der Waals surface area contributed by atoms with E-state index in [1.165, 1.54) is 38.4 Å². The normalized spacial score (nSPS) is 20.4. The molecule has 0 saturated heterocycles. The van der Waals surface area contributed by atoms with E-state index in [1.807, 2.05) is 11.8 Å². The molecule has 0 aromatic rings. The number of thioether (sulfide) groups is 1. The predicted molar refractivity (Wildman–Crippen MR) is 74.3 cm³/mol. The van der Waals surface area contributed by atoms with E-state index in [0.717, 1.165) is 5.75 Å². The van der Waals surface area contributed by atoms with E-state index in [9.17, 15) is 13.5 Å². The van der Waals surface area contributed by atoms with E-state index in [-0.39, 0.29) is 11.9 Å². The van der Waals surface area contributed by atoms with Gasteiger partial charge in [-0.25, -0.2) is 8.42 Å². The van der Waals surface area contributed by atoms with E-state index in [0.29, 0.717) is 18.1 Å². The van der Waals surface area contributed by atoms with Crippen molar-refractivity contribution < 1.29 is 13.5 Å². The summed E-state index contributed by atoms with van der Waals surface area (Å²) in [6, 6.07) is 0. The molecule has 5 heteroatoms. The van der Waals surface area contributed by atoms with E-state index in [1.54, 1.807) is 0 Å². The fraction of sp³-hybridized carbons (Fsp3) is 1.00. The van der Waals surface area contributed by atoms with Gasteiger partial charge in [-0.15, -0.1) is 0 Å². The Morgan fingerprint density at radius 3 is 2.53 bits per heavy atom. The van der Waals surface area contributed by atoms with Crippen LogP contribution >= 0.6 is 11.8 Å².